The van der Waals surface area contributed by atoms with Crippen LogP contribution in [0.5, 0.6) is 0 Å². The summed E-state index contributed by atoms with van der Waals surface area (Å²) in [5.41, 5.74) is 0. The lowest BCUT2D eigenvalue weighted by atomic mass is 10.4. The highest BCUT2D eigenvalue weighted by molar-refractivity contribution is 5.86. The van der Waals surface area contributed by atoms with Crippen LogP contribution in [-0.4, -0.2) is 42.6 Å². The maximum atomic E-state index is 11.1. The highest BCUT2D eigenvalue weighted by atomic mass is 16.4. The Morgan fingerprint density at radius 2 is 1.82 bits per heavy atom. The summed E-state index contributed by atoms with van der Waals surface area (Å²) < 4.78 is 0. The first-order valence-electron chi connectivity index (χ1n) is 4.96. The minimum absolute atomic E-state index is 0.265. The normalized spacial score (nSPS) is 8.53. The van der Waals surface area contributed by atoms with Gasteiger partial charge in [-0.3, -0.25) is 9.59 Å². The van der Waals surface area contributed by atoms with E-state index >= 15 is 0 Å². The fourth-order valence-corrected chi connectivity index (χ4v) is 0.823. The zero-order valence-electron chi connectivity index (χ0n) is 9.50. The molecule has 0 rings (SSSR count). The summed E-state index contributed by atoms with van der Waals surface area (Å²) >= 11 is 0. The smallest absolute Gasteiger partial charge is 0.322 e. The zero-order valence-corrected chi connectivity index (χ0v) is 9.50. The van der Waals surface area contributed by atoms with E-state index in [1.807, 2.05) is 0 Å². The number of urea groups is 1. The van der Waals surface area contributed by atoms with E-state index < -0.39 is 24.5 Å². The Morgan fingerprint density at radius 3 is 2.41 bits per heavy atom. The van der Waals surface area contributed by atoms with Crippen molar-refractivity contribution in [2.75, 3.05) is 19.6 Å². The largest absolute Gasteiger partial charge is 0.480 e. The molecule has 0 fully saturated rings. The van der Waals surface area contributed by atoms with Gasteiger partial charge in [-0.2, -0.15) is 0 Å². The molecule has 0 aliphatic carbocycles. The topological polar surface area (TPSA) is 108 Å². The summed E-state index contributed by atoms with van der Waals surface area (Å²) in [5.74, 6) is 3.74. The number of rotatable bonds is 6. The maximum absolute atomic E-state index is 11.1. The van der Waals surface area contributed by atoms with E-state index in [9.17, 15) is 14.4 Å². The Labute approximate surface area is 99.0 Å². The molecule has 94 valence electrons. The highest BCUT2D eigenvalue weighted by Crippen LogP contribution is 1.73. The number of carbonyl (C=O) groups excluding carboxylic acids is 2. The number of carboxylic acids is 1. The minimum Gasteiger partial charge on any atom is -0.480 e. The van der Waals surface area contributed by atoms with Crippen molar-refractivity contribution >= 4 is 17.9 Å². The maximum Gasteiger partial charge on any atom is 0.322 e. The Kier molecular flexibility index (Phi) is 7.84. The van der Waals surface area contributed by atoms with Gasteiger partial charge in [0, 0.05) is 13.0 Å². The second-order valence-corrected chi connectivity index (χ2v) is 2.96. The first kappa shape index (κ1) is 14.8. The van der Waals surface area contributed by atoms with E-state index in [2.05, 4.69) is 27.8 Å². The SMILES string of the molecule is CC#CCCNC(=O)NCC(=O)NCC(=O)O. The second-order valence-electron chi connectivity index (χ2n) is 2.96. The average Bonchev–Trinajstić information content (AvgIpc) is 2.29. The molecule has 0 unspecified atom stereocenters. The van der Waals surface area contributed by atoms with Crippen molar-refractivity contribution in [2.24, 2.45) is 0 Å². The van der Waals surface area contributed by atoms with E-state index in [1.165, 1.54) is 0 Å². The molecule has 7 heteroatoms. The van der Waals surface area contributed by atoms with Gasteiger partial charge < -0.3 is 21.1 Å². The lowest BCUT2D eigenvalue weighted by Gasteiger charge is -2.06. The van der Waals surface area contributed by atoms with Crippen molar-refractivity contribution in [3.63, 3.8) is 0 Å². The number of hydrogen-bond acceptors (Lipinski definition) is 3. The van der Waals surface area contributed by atoms with Gasteiger partial charge >= 0.3 is 12.0 Å². The molecule has 0 heterocycles. The summed E-state index contributed by atoms with van der Waals surface area (Å²) in [4.78, 5) is 32.2. The van der Waals surface area contributed by atoms with Crippen molar-refractivity contribution in [3.8, 4) is 11.8 Å². The number of nitrogens with one attached hydrogen (secondary N) is 3. The van der Waals surface area contributed by atoms with Crippen LogP contribution >= 0.6 is 0 Å². The number of aliphatic carboxylic acids is 1. The summed E-state index contributed by atoms with van der Waals surface area (Å²) in [5, 5.41) is 15.2. The average molecular weight is 241 g/mol. The molecule has 0 aliphatic heterocycles. The van der Waals surface area contributed by atoms with Crippen LogP contribution in [0.4, 0.5) is 4.79 Å². The molecule has 0 saturated carbocycles. The molecule has 0 spiro atoms. The van der Waals surface area contributed by atoms with Crippen LogP contribution < -0.4 is 16.0 Å². The van der Waals surface area contributed by atoms with Gasteiger partial charge in [-0.15, -0.1) is 11.8 Å². The van der Waals surface area contributed by atoms with Gasteiger partial charge in [0.2, 0.25) is 5.91 Å². The molecule has 0 saturated heterocycles. The Morgan fingerprint density at radius 1 is 1.12 bits per heavy atom. The number of amides is 3. The van der Waals surface area contributed by atoms with Gasteiger partial charge in [0.15, 0.2) is 0 Å². The standard InChI is InChI=1S/C10H15N3O4/c1-2-3-4-5-11-10(17)13-6-8(14)12-7-9(15)16/h4-7H2,1H3,(H,12,14)(H,15,16)(H2,11,13,17). The van der Waals surface area contributed by atoms with Gasteiger partial charge in [-0.1, -0.05) is 0 Å². The molecular weight excluding hydrogens is 226 g/mol. The molecule has 4 N–H and O–H groups in total. The van der Waals surface area contributed by atoms with Crippen molar-refractivity contribution < 1.29 is 19.5 Å². The molecule has 0 aromatic carbocycles. The second kappa shape index (κ2) is 9.03. The molecule has 17 heavy (non-hydrogen) atoms. The molecule has 0 bridgehead atoms. The predicted octanol–water partition coefficient (Wildman–Crippen LogP) is -1.10. The number of carboxylic acid groups (broad SMARTS) is 1. The first-order chi connectivity index (χ1) is 8.06. The fraction of sp³-hybridized carbons (Fsp3) is 0.500. The van der Waals surface area contributed by atoms with Crippen LogP contribution in [0.1, 0.15) is 13.3 Å². The summed E-state index contributed by atoms with van der Waals surface area (Å²) in [7, 11) is 0. The lowest BCUT2D eigenvalue weighted by molar-refractivity contribution is -0.137. The van der Waals surface area contributed by atoms with Gasteiger partial charge in [-0.05, 0) is 6.92 Å². The van der Waals surface area contributed by atoms with Gasteiger partial charge in [0.25, 0.3) is 0 Å². The van der Waals surface area contributed by atoms with Crippen molar-refractivity contribution in [1.82, 2.24) is 16.0 Å². The molecule has 0 aliphatic rings. The third kappa shape index (κ3) is 10.1. The van der Waals surface area contributed by atoms with Crippen molar-refractivity contribution in [1.29, 1.82) is 0 Å². The van der Waals surface area contributed by atoms with Crippen molar-refractivity contribution in [2.45, 2.75) is 13.3 Å². The van der Waals surface area contributed by atoms with E-state index in [1.54, 1.807) is 6.92 Å². The highest BCUT2D eigenvalue weighted by Gasteiger charge is 2.05. The van der Waals surface area contributed by atoms with Crippen LogP contribution in [0.3, 0.4) is 0 Å². The van der Waals surface area contributed by atoms with E-state index in [-0.39, 0.29) is 6.54 Å². The van der Waals surface area contributed by atoms with Crippen LogP contribution in [0.2, 0.25) is 0 Å². The third-order valence-corrected chi connectivity index (χ3v) is 1.56. The van der Waals surface area contributed by atoms with Crippen LogP contribution in [-0.2, 0) is 9.59 Å². The molecule has 3 amide bonds. The minimum atomic E-state index is -1.14. The molecule has 0 radical (unpaired) electrons. The number of carbonyl (C=O) groups is 3. The van der Waals surface area contributed by atoms with E-state index in [4.69, 9.17) is 5.11 Å². The Hall–Kier alpha value is -2.23. The van der Waals surface area contributed by atoms with Crippen LogP contribution in [0.25, 0.3) is 0 Å². The molecule has 0 atom stereocenters. The lowest BCUT2D eigenvalue weighted by Crippen LogP contribution is -2.43. The van der Waals surface area contributed by atoms with Crippen LogP contribution in [0.15, 0.2) is 0 Å². The quantitative estimate of drug-likeness (QED) is 0.349. The first-order valence-corrected chi connectivity index (χ1v) is 4.96. The van der Waals surface area contributed by atoms with Gasteiger partial charge in [0.1, 0.15) is 6.54 Å². The molecular formula is C10H15N3O4. The molecule has 0 aromatic rings. The fourth-order valence-electron chi connectivity index (χ4n) is 0.823. The Balaban J connectivity index is 3.57. The molecule has 0 aromatic heterocycles. The third-order valence-electron chi connectivity index (χ3n) is 1.56. The summed E-state index contributed by atoms with van der Waals surface area (Å²) in [6.45, 7) is 1.36. The van der Waals surface area contributed by atoms with Gasteiger partial charge in [-0.25, -0.2) is 4.79 Å². The predicted molar refractivity (Wildman–Crippen MR) is 60.1 cm³/mol. The van der Waals surface area contributed by atoms with E-state index in [0.29, 0.717) is 13.0 Å². The van der Waals surface area contributed by atoms with Crippen LogP contribution in [0, 0.1) is 11.8 Å². The number of hydrogen-bond donors (Lipinski definition) is 4. The summed E-state index contributed by atoms with van der Waals surface area (Å²) in [6.07, 6.45) is 0.537. The van der Waals surface area contributed by atoms with Gasteiger partial charge in [0.05, 0.1) is 6.54 Å². The zero-order chi connectivity index (χ0) is 13.1. The molecule has 7 nitrogen and oxygen atoms in total. The Bertz CT molecular complexity index is 343. The van der Waals surface area contributed by atoms with E-state index in [0.717, 1.165) is 0 Å². The monoisotopic (exact) mass is 241 g/mol. The van der Waals surface area contributed by atoms with Crippen molar-refractivity contribution in [3.05, 3.63) is 0 Å². The summed E-state index contributed by atoms with van der Waals surface area (Å²) in [6, 6.07) is -0.492.